The summed E-state index contributed by atoms with van der Waals surface area (Å²) >= 11 is 0. The fourth-order valence-electron chi connectivity index (χ4n) is 2.86. The van der Waals surface area contributed by atoms with E-state index < -0.39 is 0 Å². The topological polar surface area (TPSA) is 51.6 Å². The van der Waals surface area contributed by atoms with E-state index in [1.807, 2.05) is 12.1 Å². The lowest BCUT2D eigenvalue weighted by atomic mass is 9.99. The lowest BCUT2D eigenvalue weighted by molar-refractivity contribution is 0.0552. The van der Waals surface area contributed by atoms with E-state index in [1.165, 1.54) is 0 Å². The normalized spacial score (nSPS) is 27.6. The summed E-state index contributed by atoms with van der Waals surface area (Å²) in [5.74, 6) is 0.950. The van der Waals surface area contributed by atoms with Gasteiger partial charge < -0.3 is 14.9 Å². The minimum atomic E-state index is 0.0777. The summed E-state index contributed by atoms with van der Waals surface area (Å²) in [4.78, 5) is 2.32. The van der Waals surface area contributed by atoms with Gasteiger partial charge in [-0.25, -0.2) is 0 Å². The molecule has 2 rings (SSSR count). The summed E-state index contributed by atoms with van der Waals surface area (Å²) in [6.07, 6.45) is 3.97. The SMILES string of the molecule is CCC(N)C(c1ccco1)N(C)C1CCOC1C. The molecule has 1 aliphatic rings. The van der Waals surface area contributed by atoms with Gasteiger partial charge >= 0.3 is 0 Å². The summed E-state index contributed by atoms with van der Waals surface area (Å²) in [5.41, 5.74) is 6.28. The molecule has 0 saturated carbocycles. The Morgan fingerprint density at radius 3 is 2.83 bits per heavy atom. The number of ether oxygens (including phenoxy) is 1. The highest BCUT2D eigenvalue weighted by Crippen LogP contribution is 2.30. The standard InChI is InChI=1S/C14H24N2O2/c1-4-11(15)14(13-6-5-8-18-13)16(3)12-7-9-17-10(12)2/h5-6,8,10-12,14H,4,7,9,15H2,1-3H3. The number of hydrogen-bond donors (Lipinski definition) is 1. The molecule has 0 bridgehead atoms. The minimum absolute atomic E-state index is 0.0777. The van der Waals surface area contributed by atoms with Crippen molar-refractivity contribution in [1.82, 2.24) is 4.90 Å². The van der Waals surface area contributed by atoms with Crippen LogP contribution in [-0.2, 0) is 4.74 Å². The maximum absolute atomic E-state index is 6.28. The van der Waals surface area contributed by atoms with Crippen LogP contribution in [0.1, 0.15) is 38.5 Å². The van der Waals surface area contributed by atoms with Crippen molar-refractivity contribution < 1.29 is 9.15 Å². The highest BCUT2D eigenvalue weighted by molar-refractivity contribution is 5.08. The number of nitrogens with zero attached hydrogens (tertiary/aromatic N) is 1. The molecule has 4 heteroatoms. The minimum Gasteiger partial charge on any atom is -0.468 e. The lowest BCUT2D eigenvalue weighted by Crippen LogP contribution is -2.46. The lowest BCUT2D eigenvalue weighted by Gasteiger charge is -2.36. The highest BCUT2D eigenvalue weighted by atomic mass is 16.5. The van der Waals surface area contributed by atoms with Gasteiger partial charge in [0.15, 0.2) is 0 Å². The Balaban J connectivity index is 2.18. The Bertz CT molecular complexity index is 353. The van der Waals surface area contributed by atoms with Crippen molar-refractivity contribution in [3.05, 3.63) is 24.2 Å². The van der Waals surface area contributed by atoms with Crippen LogP contribution in [0.15, 0.2) is 22.8 Å². The third-order valence-electron chi connectivity index (χ3n) is 4.01. The molecule has 4 unspecified atom stereocenters. The predicted octanol–water partition coefficient (Wildman–Crippen LogP) is 2.17. The van der Waals surface area contributed by atoms with E-state index in [0.717, 1.165) is 25.2 Å². The van der Waals surface area contributed by atoms with Crippen molar-refractivity contribution in [2.45, 2.75) is 50.9 Å². The molecule has 0 radical (unpaired) electrons. The van der Waals surface area contributed by atoms with Gasteiger partial charge in [-0.15, -0.1) is 0 Å². The first-order chi connectivity index (χ1) is 8.65. The average molecular weight is 252 g/mol. The molecule has 2 heterocycles. The zero-order valence-corrected chi connectivity index (χ0v) is 11.5. The average Bonchev–Trinajstić information content (AvgIpc) is 3.00. The predicted molar refractivity (Wildman–Crippen MR) is 71.3 cm³/mol. The molecule has 2 N–H and O–H groups in total. The van der Waals surface area contributed by atoms with E-state index in [-0.39, 0.29) is 18.2 Å². The maximum Gasteiger partial charge on any atom is 0.122 e. The van der Waals surface area contributed by atoms with Crippen molar-refractivity contribution >= 4 is 0 Å². The van der Waals surface area contributed by atoms with Gasteiger partial charge in [0, 0.05) is 18.7 Å². The van der Waals surface area contributed by atoms with Crippen LogP contribution in [0.2, 0.25) is 0 Å². The molecule has 4 nitrogen and oxygen atoms in total. The molecular formula is C14H24N2O2. The first-order valence-corrected chi connectivity index (χ1v) is 6.77. The monoisotopic (exact) mass is 252 g/mol. The van der Waals surface area contributed by atoms with Gasteiger partial charge in [0.05, 0.1) is 18.4 Å². The van der Waals surface area contributed by atoms with Crippen molar-refractivity contribution in [1.29, 1.82) is 0 Å². The molecule has 1 aliphatic heterocycles. The Kier molecular flexibility index (Phi) is 4.43. The molecule has 0 amide bonds. The molecule has 102 valence electrons. The zero-order chi connectivity index (χ0) is 13.1. The summed E-state index contributed by atoms with van der Waals surface area (Å²) in [6.45, 7) is 5.08. The van der Waals surface area contributed by atoms with Crippen LogP contribution in [-0.4, -0.2) is 36.7 Å². The number of nitrogens with two attached hydrogens (primary N) is 1. The smallest absolute Gasteiger partial charge is 0.122 e. The molecule has 1 saturated heterocycles. The van der Waals surface area contributed by atoms with E-state index in [9.17, 15) is 0 Å². The largest absolute Gasteiger partial charge is 0.468 e. The molecule has 4 atom stereocenters. The van der Waals surface area contributed by atoms with Crippen LogP contribution in [0.5, 0.6) is 0 Å². The van der Waals surface area contributed by atoms with Gasteiger partial charge in [-0.1, -0.05) is 6.92 Å². The van der Waals surface area contributed by atoms with E-state index in [4.69, 9.17) is 14.9 Å². The fourth-order valence-corrected chi connectivity index (χ4v) is 2.86. The van der Waals surface area contributed by atoms with E-state index in [2.05, 4.69) is 25.8 Å². The second-order valence-electron chi connectivity index (χ2n) is 5.13. The van der Waals surface area contributed by atoms with E-state index in [0.29, 0.717) is 6.04 Å². The maximum atomic E-state index is 6.28. The van der Waals surface area contributed by atoms with Gasteiger partial charge in [0.25, 0.3) is 0 Å². The molecule has 0 spiro atoms. The Hall–Kier alpha value is -0.840. The van der Waals surface area contributed by atoms with Crippen LogP contribution < -0.4 is 5.73 Å². The summed E-state index contributed by atoms with van der Waals surface area (Å²) in [5, 5.41) is 0. The summed E-state index contributed by atoms with van der Waals surface area (Å²) in [7, 11) is 2.12. The van der Waals surface area contributed by atoms with Crippen LogP contribution in [0.3, 0.4) is 0 Å². The molecule has 1 fully saturated rings. The summed E-state index contributed by atoms with van der Waals surface area (Å²) < 4.78 is 11.2. The quantitative estimate of drug-likeness (QED) is 0.872. The first-order valence-electron chi connectivity index (χ1n) is 6.77. The third kappa shape index (κ3) is 2.60. The van der Waals surface area contributed by atoms with Crippen molar-refractivity contribution in [3.63, 3.8) is 0 Å². The van der Waals surface area contributed by atoms with E-state index in [1.54, 1.807) is 6.26 Å². The Labute approximate surface area is 109 Å². The van der Waals surface area contributed by atoms with Gasteiger partial charge in [0.1, 0.15) is 5.76 Å². The fraction of sp³-hybridized carbons (Fsp3) is 0.714. The second kappa shape index (κ2) is 5.87. The molecule has 18 heavy (non-hydrogen) atoms. The van der Waals surface area contributed by atoms with Crippen LogP contribution in [0, 0.1) is 0 Å². The first kappa shape index (κ1) is 13.6. The number of likely N-dealkylation sites (N-methyl/N-ethyl adjacent to an activating group) is 1. The van der Waals surface area contributed by atoms with Crippen LogP contribution in [0.4, 0.5) is 0 Å². The molecule has 1 aromatic heterocycles. The number of furan rings is 1. The molecular weight excluding hydrogens is 228 g/mol. The zero-order valence-electron chi connectivity index (χ0n) is 11.5. The highest BCUT2D eigenvalue weighted by Gasteiger charge is 2.35. The second-order valence-corrected chi connectivity index (χ2v) is 5.13. The summed E-state index contributed by atoms with van der Waals surface area (Å²) in [6, 6.07) is 4.55. The van der Waals surface area contributed by atoms with Crippen LogP contribution >= 0.6 is 0 Å². The molecule has 1 aromatic rings. The van der Waals surface area contributed by atoms with Crippen molar-refractivity contribution in [3.8, 4) is 0 Å². The molecule has 0 aliphatic carbocycles. The molecule has 0 aromatic carbocycles. The van der Waals surface area contributed by atoms with Gasteiger partial charge in [-0.3, -0.25) is 4.90 Å². The van der Waals surface area contributed by atoms with Crippen molar-refractivity contribution in [2.24, 2.45) is 5.73 Å². The third-order valence-corrected chi connectivity index (χ3v) is 4.01. The van der Waals surface area contributed by atoms with Crippen LogP contribution in [0.25, 0.3) is 0 Å². The van der Waals surface area contributed by atoms with E-state index >= 15 is 0 Å². The van der Waals surface area contributed by atoms with Crippen molar-refractivity contribution in [2.75, 3.05) is 13.7 Å². The van der Waals surface area contributed by atoms with Gasteiger partial charge in [0.2, 0.25) is 0 Å². The van der Waals surface area contributed by atoms with Gasteiger partial charge in [-0.2, -0.15) is 0 Å². The number of rotatable bonds is 5. The number of hydrogen-bond acceptors (Lipinski definition) is 4. The van der Waals surface area contributed by atoms with Gasteiger partial charge in [-0.05, 0) is 38.9 Å². The Morgan fingerprint density at radius 2 is 2.33 bits per heavy atom. The Morgan fingerprint density at radius 1 is 1.56 bits per heavy atom.